The predicted molar refractivity (Wildman–Crippen MR) is 104 cm³/mol. The Morgan fingerprint density at radius 2 is 1.88 bits per heavy atom. The molecule has 1 saturated heterocycles. The highest BCUT2D eigenvalue weighted by Crippen LogP contribution is 2.31. The van der Waals surface area contributed by atoms with Gasteiger partial charge in [0.05, 0.1) is 5.16 Å². The number of carbonyl (C=O) groups excluding carboxylic acids is 1. The van der Waals surface area contributed by atoms with E-state index in [1.54, 1.807) is 0 Å². The van der Waals surface area contributed by atoms with Crippen molar-refractivity contribution in [1.82, 2.24) is 9.80 Å². The van der Waals surface area contributed by atoms with Gasteiger partial charge in [-0.05, 0) is 56.6 Å². The van der Waals surface area contributed by atoms with E-state index in [4.69, 9.17) is 12.2 Å². The maximum Gasteiger partial charge on any atom is 0.252 e. The van der Waals surface area contributed by atoms with Gasteiger partial charge in [0.1, 0.15) is 0 Å². The quantitative estimate of drug-likeness (QED) is 0.595. The van der Waals surface area contributed by atoms with Crippen molar-refractivity contribution in [3.8, 4) is 0 Å². The Balaban J connectivity index is 1.79. The first-order valence-corrected chi connectivity index (χ1v) is 9.76. The molecule has 1 aliphatic heterocycles. The number of isothiocyanates is 1. The van der Waals surface area contributed by atoms with Crippen molar-refractivity contribution in [3.05, 3.63) is 35.9 Å². The number of likely N-dealkylation sites (N-methyl/N-ethyl adjacent to an activating group) is 1. The van der Waals surface area contributed by atoms with Crippen molar-refractivity contribution >= 4 is 23.3 Å². The summed E-state index contributed by atoms with van der Waals surface area (Å²) in [4.78, 5) is 21.9. The molecule has 1 aliphatic carbocycles. The number of likely N-dealkylation sites (tertiary alicyclic amines) is 1. The molecule has 1 saturated carbocycles. The lowest BCUT2D eigenvalue weighted by Crippen LogP contribution is -2.53. The van der Waals surface area contributed by atoms with Crippen LogP contribution in [-0.4, -0.2) is 53.1 Å². The average molecular weight is 358 g/mol. The molecular weight excluding hydrogens is 330 g/mol. The molecule has 0 aromatic heterocycles. The Morgan fingerprint density at radius 3 is 2.56 bits per heavy atom. The fourth-order valence-corrected chi connectivity index (χ4v) is 4.46. The molecule has 3 atom stereocenters. The van der Waals surface area contributed by atoms with Crippen LogP contribution in [0.2, 0.25) is 0 Å². The van der Waals surface area contributed by atoms with Crippen LogP contribution in [0.5, 0.6) is 0 Å². The molecule has 2 fully saturated rings. The van der Waals surface area contributed by atoms with Gasteiger partial charge in [-0.15, -0.1) is 0 Å². The molecular formula is C20H27N3OS. The Morgan fingerprint density at radius 1 is 1.20 bits per heavy atom. The molecule has 1 amide bonds. The Labute approximate surface area is 155 Å². The molecule has 0 N–H and O–H groups in total. The number of thiocarbonyl (C=S) groups is 1. The maximum absolute atomic E-state index is 13.2. The fraction of sp³-hybridized carbons (Fsp3) is 0.600. The summed E-state index contributed by atoms with van der Waals surface area (Å²) in [6, 6.07) is 9.86. The van der Waals surface area contributed by atoms with E-state index in [0.717, 1.165) is 12.0 Å². The summed E-state index contributed by atoms with van der Waals surface area (Å²) in [5.74, 6) is 0.0275. The van der Waals surface area contributed by atoms with Gasteiger partial charge < -0.3 is 4.90 Å². The molecule has 25 heavy (non-hydrogen) atoms. The Kier molecular flexibility index (Phi) is 6.35. The van der Waals surface area contributed by atoms with E-state index in [9.17, 15) is 4.79 Å². The number of nitrogens with zero attached hydrogens (tertiary/aromatic N) is 3. The van der Waals surface area contributed by atoms with E-state index in [2.05, 4.69) is 15.1 Å². The van der Waals surface area contributed by atoms with Crippen molar-refractivity contribution in [2.24, 2.45) is 4.99 Å². The van der Waals surface area contributed by atoms with Gasteiger partial charge in [0.2, 0.25) is 0 Å². The summed E-state index contributed by atoms with van der Waals surface area (Å²) >= 11 is 4.81. The van der Waals surface area contributed by atoms with Gasteiger partial charge >= 0.3 is 0 Å². The third kappa shape index (κ3) is 4.17. The minimum absolute atomic E-state index is 0.0275. The second-order valence-electron chi connectivity index (χ2n) is 7.14. The molecule has 4 nitrogen and oxygen atoms in total. The smallest absolute Gasteiger partial charge is 0.252 e. The van der Waals surface area contributed by atoms with Crippen LogP contribution in [0, 0.1) is 0 Å². The van der Waals surface area contributed by atoms with Gasteiger partial charge in [0.15, 0.2) is 6.04 Å². The second-order valence-corrected chi connectivity index (χ2v) is 7.33. The first kappa shape index (κ1) is 18.2. The molecule has 0 spiro atoms. The van der Waals surface area contributed by atoms with Crippen LogP contribution < -0.4 is 0 Å². The number of hydrogen-bond acceptors (Lipinski definition) is 4. The molecule has 1 aromatic carbocycles. The van der Waals surface area contributed by atoms with Crippen LogP contribution >= 0.6 is 12.2 Å². The minimum Gasteiger partial charge on any atom is -0.339 e. The number of rotatable bonds is 5. The lowest BCUT2D eigenvalue weighted by Gasteiger charge is -2.43. The highest BCUT2D eigenvalue weighted by atomic mass is 32.1. The summed E-state index contributed by atoms with van der Waals surface area (Å²) in [7, 11) is 1.94. The number of hydrogen-bond donors (Lipinski definition) is 0. The van der Waals surface area contributed by atoms with Crippen LogP contribution in [0.25, 0.3) is 0 Å². The second kappa shape index (κ2) is 8.70. The molecule has 1 unspecified atom stereocenters. The van der Waals surface area contributed by atoms with E-state index in [1.165, 1.54) is 45.2 Å². The molecule has 1 aromatic rings. The zero-order valence-electron chi connectivity index (χ0n) is 14.9. The zero-order chi connectivity index (χ0) is 17.6. The van der Waals surface area contributed by atoms with Crippen LogP contribution in [-0.2, 0) is 4.79 Å². The van der Waals surface area contributed by atoms with Gasteiger partial charge in [-0.25, -0.2) is 4.99 Å². The predicted octanol–water partition coefficient (Wildman–Crippen LogP) is 3.70. The van der Waals surface area contributed by atoms with Crippen LogP contribution in [0.4, 0.5) is 0 Å². The maximum atomic E-state index is 13.2. The van der Waals surface area contributed by atoms with Gasteiger partial charge in [-0.3, -0.25) is 9.69 Å². The molecule has 0 bridgehead atoms. The number of aliphatic imine (C=N–C) groups is 1. The highest BCUT2D eigenvalue weighted by Gasteiger charge is 2.37. The first-order chi connectivity index (χ1) is 12.2. The summed E-state index contributed by atoms with van der Waals surface area (Å²) < 4.78 is 0. The minimum atomic E-state index is -0.579. The number of amides is 1. The van der Waals surface area contributed by atoms with Crippen LogP contribution in [0.15, 0.2) is 35.3 Å². The van der Waals surface area contributed by atoms with E-state index >= 15 is 0 Å². The van der Waals surface area contributed by atoms with Crippen molar-refractivity contribution < 1.29 is 4.79 Å². The van der Waals surface area contributed by atoms with Crippen molar-refractivity contribution in [3.63, 3.8) is 0 Å². The lowest BCUT2D eigenvalue weighted by molar-refractivity contribution is -0.135. The van der Waals surface area contributed by atoms with Crippen molar-refractivity contribution in [1.29, 1.82) is 0 Å². The van der Waals surface area contributed by atoms with Gasteiger partial charge in [-0.1, -0.05) is 43.2 Å². The largest absolute Gasteiger partial charge is 0.339 e. The van der Waals surface area contributed by atoms with Crippen molar-refractivity contribution in [2.45, 2.75) is 56.7 Å². The third-order valence-electron chi connectivity index (χ3n) is 5.68. The molecule has 2 aliphatic rings. The van der Waals surface area contributed by atoms with E-state index < -0.39 is 6.04 Å². The molecule has 134 valence electrons. The standard InChI is InChI=1S/C20H27N3OS/c1-22(17-11-5-6-12-18(17)23-13-7-8-14-23)20(24)19(21-15-25)16-9-3-2-4-10-16/h2-4,9-10,17-19H,5-8,11-14H2,1H3/t17-,18-,19?/m1/s1. The number of benzene rings is 1. The van der Waals surface area contributed by atoms with Gasteiger partial charge in [0, 0.05) is 19.1 Å². The summed E-state index contributed by atoms with van der Waals surface area (Å²) in [5.41, 5.74) is 0.880. The van der Waals surface area contributed by atoms with Gasteiger partial charge in [0.25, 0.3) is 5.91 Å². The SMILES string of the molecule is CN(C(=O)C(N=C=S)c1ccccc1)[C@@H]1CCCC[C@H]1N1CCCC1. The molecule has 5 heteroatoms. The fourth-order valence-electron chi connectivity index (χ4n) is 4.36. The third-order valence-corrected chi connectivity index (χ3v) is 5.79. The molecule has 1 heterocycles. The van der Waals surface area contributed by atoms with Crippen molar-refractivity contribution in [2.75, 3.05) is 20.1 Å². The monoisotopic (exact) mass is 357 g/mol. The van der Waals surface area contributed by atoms with Gasteiger partial charge in [-0.2, -0.15) is 0 Å². The van der Waals surface area contributed by atoms with E-state index in [-0.39, 0.29) is 11.9 Å². The summed E-state index contributed by atoms with van der Waals surface area (Å²) in [6.07, 6.45) is 7.28. The average Bonchev–Trinajstić information content (AvgIpc) is 3.20. The summed E-state index contributed by atoms with van der Waals surface area (Å²) in [6.45, 7) is 2.34. The normalized spacial score (nSPS) is 25.2. The molecule has 3 rings (SSSR count). The number of carbonyl (C=O) groups is 1. The Hall–Kier alpha value is -1.55. The topological polar surface area (TPSA) is 35.9 Å². The zero-order valence-corrected chi connectivity index (χ0v) is 15.8. The summed E-state index contributed by atoms with van der Waals surface area (Å²) in [5, 5.41) is 2.42. The lowest BCUT2D eigenvalue weighted by atomic mass is 9.87. The van der Waals surface area contributed by atoms with E-state index in [1.807, 2.05) is 42.3 Å². The first-order valence-electron chi connectivity index (χ1n) is 9.35. The van der Waals surface area contributed by atoms with Crippen LogP contribution in [0.1, 0.15) is 50.1 Å². The Bertz CT molecular complexity index is 623. The van der Waals surface area contributed by atoms with E-state index in [0.29, 0.717) is 6.04 Å². The molecule has 0 radical (unpaired) electrons. The van der Waals surface area contributed by atoms with Crippen LogP contribution in [0.3, 0.4) is 0 Å². The highest BCUT2D eigenvalue weighted by molar-refractivity contribution is 7.78.